The van der Waals surface area contributed by atoms with Crippen molar-refractivity contribution in [1.82, 2.24) is 10.3 Å². The highest BCUT2D eigenvalue weighted by molar-refractivity contribution is 7.18. The molecule has 0 aliphatic rings. The summed E-state index contributed by atoms with van der Waals surface area (Å²) in [7, 11) is 0. The van der Waals surface area contributed by atoms with E-state index in [1.54, 1.807) is 11.3 Å². The van der Waals surface area contributed by atoms with E-state index in [9.17, 15) is 9.59 Å². The topological polar surface area (TPSA) is 79.3 Å². The summed E-state index contributed by atoms with van der Waals surface area (Å²) in [5, 5.41) is 12.1. The van der Waals surface area contributed by atoms with Crippen molar-refractivity contribution in [3.8, 4) is 0 Å². The number of amides is 1. The van der Waals surface area contributed by atoms with E-state index in [1.165, 1.54) is 6.92 Å². The molecule has 5 nitrogen and oxygen atoms in total. The molecule has 1 amide bonds. The van der Waals surface area contributed by atoms with Crippen LogP contribution in [0.4, 0.5) is 0 Å². The molecule has 1 heterocycles. The highest BCUT2D eigenvalue weighted by Gasteiger charge is 2.13. The van der Waals surface area contributed by atoms with Gasteiger partial charge >= 0.3 is 5.97 Å². The number of carbonyl (C=O) groups excluding carboxylic acids is 1. The number of aromatic nitrogens is 1. The summed E-state index contributed by atoms with van der Waals surface area (Å²) in [5.41, 5.74) is 0.983. The molecular formula is C14H16N2O3S. The molecule has 0 fully saturated rings. The molecule has 20 heavy (non-hydrogen) atoms. The zero-order chi connectivity index (χ0) is 14.5. The van der Waals surface area contributed by atoms with Gasteiger partial charge in [-0.3, -0.25) is 9.59 Å². The number of aryl methyl sites for hydroxylation is 1. The number of nitrogens with one attached hydrogen (secondary N) is 1. The molecule has 0 saturated heterocycles. The summed E-state index contributed by atoms with van der Waals surface area (Å²) in [6, 6.07) is 7.08. The van der Waals surface area contributed by atoms with Gasteiger partial charge in [-0.05, 0) is 31.9 Å². The molecule has 1 aromatic carbocycles. The van der Waals surface area contributed by atoms with Crippen LogP contribution in [-0.4, -0.2) is 28.0 Å². The lowest BCUT2D eigenvalue weighted by Crippen LogP contribution is -2.38. The normalized spacial score (nSPS) is 12.2. The third-order valence-electron chi connectivity index (χ3n) is 2.88. The van der Waals surface area contributed by atoms with Crippen LogP contribution < -0.4 is 5.32 Å². The molecule has 2 rings (SSSR count). The van der Waals surface area contributed by atoms with Crippen LogP contribution in [0.5, 0.6) is 0 Å². The molecule has 0 radical (unpaired) electrons. The highest BCUT2D eigenvalue weighted by atomic mass is 32.1. The predicted molar refractivity (Wildman–Crippen MR) is 77.8 cm³/mol. The van der Waals surface area contributed by atoms with Crippen LogP contribution in [0.1, 0.15) is 24.8 Å². The number of para-hydroxylation sites is 1. The quantitative estimate of drug-likeness (QED) is 0.855. The first-order valence-corrected chi connectivity index (χ1v) is 7.24. The minimum absolute atomic E-state index is 0.235. The van der Waals surface area contributed by atoms with E-state index in [-0.39, 0.29) is 5.91 Å². The van der Waals surface area contributed by atoms with Crippen molar-refractivity contribution < 1.29 is 14.7 Å². The first-order valence-electron chi connectivity index (χ1n) is 6.43. The molecule has 1 aromatic heterocycles. The van der Waals surface area contributed by atoms with E-state index >= 15 is 0 Å². The molecular weight excluding hydrogens is 276 g/mol. The van der Waals surface area contributed by atoms with Crippen LogP contribution in [0.2, 0.25) is 0 Å². The summed E-state index contributed by atoms with van der Waals surface area (Å²) < 4.78 is 1.14. The average Bonchev–Trinajstić information content (AvgIpc) is 2.81. The first-order chi connectivity index (χ1) is 9.56. The van der Waals surface area contributed by atoms with Crippen LogP contribution in [0.15, 0.2) is 24.3 Å². The van der Waals surface area contributed by atoms with Gasteiger partial charge < -0.3 is 10.4 Å². The van der Waals surface area contributed by atoms with Crippen molar-refractivity contribution in [1.29, 1.82) is 0 Å². The van der Waals surface area contributed by atoms with Gasteiger partial charge in [-0.2, -0.15) is 0 Å². The fourth-order valence-corrected chi connectivity index (χ4v) is 2.81. The molecule has 0 saturated carbocycles. The monoisotopic (exact) mass is 292 g/mol. The number of carboxylic acid groups (broad SMARTS) is 1. The summed E-state index contributed by atoms with van der Waals surface area (Å²) in [6.07, 6.45) is 1.71. The van der Waals surface area contributed by atoms with Gasteiger partial charge in [-0.1, -0.05) is 12.1 Å². The Hall–Kier alpha value is -1.95. The number of benzene rings is 1. The smallest absolute Gasteiger partial charge is 0.325 e. The number of rotatable bonds is 6. The van der Waals surface area contributed by atoms with Crippen LogP contribution in [0.3, 0.4) is 0 Å². The Morgan fingerprint density at radius 1 is 1.40 bits per heavy atom. The summed E-state index contributed by atoms with van der Waals surface area (Å²) >= 11 is 1.63. The molecule has 6 heteroatoms. The van der Waals surface area contributed by atoms with Crippen molar-refractivity contribution in [2.45, 2.75) is 32.2 Å². The van der Waals surface area contributed by atoms with E-state index in [1.807, 2.05) is 24.3 Å². The Morgan fingerprint density at radius 2 is 2.15 bits per heavy atom. The summed E-state index contributed by atoms with van der Waals surface area (Å²) in [6.45, 7) is 1.45. The van der Waals surface area contributed by atoms with E-state index in [0.717, 1.165) is 21.6 Å². The Morgan fingerprint density at radius 3 is 2.85 bits per heavy atom. The summed E-state index contributed by atoms with van der Waals surface area (Å²) in [4.78, 5) is 26.6. The number of hydrogen-bond donors (Lipinski definition) is 2. The molecule has 0 aliphatic heterocycles. The van der Waals surface area contributed by atoms with Crippen LogP contribution in [-0.2, 0) is 16.0 Å². The lowest BCUT2D eigenvalue weighted by Gasteiger charge is -2.08. The van der Waals surface area contributed by atoms with Crippen molar-refractivity contribution >= 4 is 33.4 Å². The Bertz CT molecular complexity index is 591. The zero-order valence-electron chi connectivity index (χ0n) is 11.1. The number of hydrogen-bond acceptors (Lipinski definition) is 4. The van der Waals surface area contributed by atoms with Crippen molar-refractivity contribution in [2.24, 2.45) is 0 Å². The van der Waals surface area contributed by atoms with Gasteiger partial charge in [0, 0.05) is 6.42 Å². The maximum Gasteiger partial charge on any atom is 0.325 e. The molecule has 1 atom stereocenters. The van der Waals surface area contributed by atoms with Gasteiger partial charge in [0.1, 0.15) is 6.04 Å². The molecule has 2 N–H and O–H groups in total. The number of thiazole rings is 1. The number of fused-ring (bicyclic) bond motifs is 1. The maximum atomic E-state index is 11.5. The Labute approximate surface area is 120 Å². The molecule has 0 aliphatic carbocycles. The Kier molecular flexibility index (Phi) is 4.68. The third-order valence-corrected chi connectivity index (χ3v) is 3.98. The number of nitrogens with zero attached hydrogens (tertiary/aromatic N) is 1. The van der Waals surface area contributed by atoms with E-state index < -0.39 is 12.0 Å². The third kappa shape index (κ3) is 3.77. The van der Waals surface area contributed by atoms with E-state index in [2.05, 4.69) is 10.3 Å². The van der Waals surface area contributed by atoms with Crippen LogP contribution in [0, 0.1) is 0 Å². The standard InChI is InChI=1S/C14H16N2O3S/c1-9(14(18)19)15-12(17)7-4-8-13-16-10-5-2-3-6-11(10)20-13/h2-3,5-6,9H,4,7-8H2,1H3,(H,15,17)(H,18,19). The van der Waals surface area contributed by atoms with E-state index in [4.69, 9.17) is 5.11 Å². The number of aliphatic carboxylic acids is 1. The van der Waals surface area contributed by atoms with E-state index in [0.29, 0.717) is 12.8 Å². The number of carbonyl (C=O) groups is 2. The second-order valence-electron chi connectivity index (χ2n) is 4.56. The van der Waals surface area contributed by atoms with Gasteiger partial charge in [0.25, 0.3) is 0 Å². The highest BCUT2D eigenvalue weighted by Crippen LogP contribution is 2.22. The summed E-state index contributed by atoms with van der Waals surface area (Å²) in [5.74, 6) is -1.26. The van der Waals surface area contributed by atoms with Crippen LogP contribution >= 0.6 is 11.3 Å². The minimum atomic E-state index is -1.02. The zero-order valence-corrected chi connectivity index (χ0v) is 11.9. The second-order valence-corrected chi connectivity index (χ2v) is 5.67. The fourth-order valence-electron chi connectivity index (χ4n) is 1.80. The lowest BCUT2D eigenvalue weighted by molar-refractivity contribution is -0.141. The number of carboxylic acids is 1. The Balaban J connectivity index is 1.81. The largest absolute Gasteiger partial charge is 0.480 e. The van der Waals surface area contributed by atoms with Crippen molar-refractivity contribution in [2.75, 3.05) is 0 Å². The lowest BCUT2D eigenvalue weighted by atomic mass is 10.2. The minimum Gasteiger partial charge on any atom is -0.480 e. The van der Waals surface area contributed by atoms with Crippen molar-refractivity contribution in [3.63, 3.8) is 0 Å². The van der Waals surface area contributed by atoms with Crippen LogP contribution in [0.25, 0.3) is 10.2 Å². The van der Waals surface area contributed by atoms with Gasteiger partial charge in [0.05, 0.1) is 15.2 Å². The maximum absolute atomic E-state index is 11.5. The fraction of sp³-hybridized carbons (Fsp3) is 0.357. The molecule has 106 valence electrons. The molecule has 0 spiro atoms. The molecule has 2 aromatic rings. The SMILES string of the molecule is CC(NC(=O)CCCc1nc2ccccc2s1)C(=O)O. The second kappa shape index (κ2) is 6.47. The van der Waals surface area contributed by atoms with Crippen molar-refractivity contribution in [3.05, 3.63) is 29.3 Å². The van der Waals surface area contributed by atoms with Gasteiger partial charge in [-0.15, -0.1) is 11.3 Å². The average molecular weight is 292 g/mol. The molecule has 1 unspecified atom stereocenters. The van der Waals surface area contributed by atoms with Gasteiger partial charge in [0.15, 0.2) is 0 Å². The molecule has 0 bridgehead atoms. The first kappa shape index (κ1) is 14.5. The van der Waals surface area contributed by atoms with Gasteiger partial charge in [-0.25, -0.2) is 4.98 Å². The van der Waals surface area contributed by atoms with Gasteiger partial charge in [0.2, 0.25) is 5.91 Å². The predicted octanol–water partition coefficient (Wildman–Crippen LogP) is 2.21.